The van der Waals surface area contributed by atoms with E-state index in [4.69, 9.17) is 0 Å². The lowest BCUT2D eigenvalue weighted by atomic mass is 9.96. The van der Waals surface area contributed by atoms with Gasteiger partial charge in [-0.05, 0) is 16.7 Å². The minimum absolute atomic E-state index is 0.277. The Labute approximate surface area is 113 Å². The Bertz CT molecular complexity index is 642. The van der Waals surface area contributed by atoms with Crippen molar-refractivity contribution in [3.63, 3.8) is 0 Å². The molecule has 0 amide bonds. The molecule has 0 aliphatic carbocycles. The van der Waals surface area contributed by atoms with Crippen molar-refractivity contribution in [2.45, 2.75) is 12.8 Å². The molecule has 3 aromatic rings. The van der Waals surface area contributed by atoms with Crippen molar-refractivity contribution in [3.8, 4) is 11.1 Å². The van der Waals surface area contributed by atoms with Gasteiger partial charge in [-0.2, -0.15) is 0 Å². The molecule has 1 atom stereocenters. The van der Waals surface area contributed by atoms with E-state index in [1.165, 1.54) is 16.7 Å². The molecule has 1 heterocycles. The molecule has 19 heavy (non-hydrogen) atoms. The molecule has 0 spiro atoms. The molecule has 0 saturated carbocycles. The van der Waals surface area contributed by atoms with E-state index < -0.39 is 0 Å². The number of aromatic nitrogens is 2. The predicted molar refractivity (Wildman–Crippen MR) is 78.0 cm³/mol. The average molecular weight is 248 g/mol. The second-order valence-electron chi connectivity index (χ2n) is 4.69. The highest BCUT2D eigenvalue weighted by atomic mass is 14.9. The van der Waals surface area contributed by atoms with Crippen LogP contribution < -0.4 is 0 Å². The molecule has 94 valence electrons. The van der Waals surface area contributed by atoms with E-state index in [2.05, 4.69) is 65.4 Å². The topological polar surface area (TPSA) is 28.7 Å². The van der Waals surface area contributed by atoms with Crippen molar-refractivity contribution in [1.82, 2.24) is 9.97 Å². The van der Waals surface area contributed by atoms with Gasteiger partial charge in [0.25, 0.3) is 0 Å². The lowest BCUT2D eigenvalue weighted by Crippen LogP contribution is -1.98. The van der Waals surface area contributed by atoms with E-state index in [0.29, 0.717) is 0 Å². The van der Waals surface area contributed by atoms with Crippen molar-refractivity contribution in [3.05, 3.63) is 78.4 Å². The fourth-order valence-corrected chi connectivity index (χ4v) is 2.29. The Balaban J connectivity index is 1.97. The maximum Gasteiger partial charge on any atom is 0.113 e. The zero-order chi connectivity index (χ0) is 13.1. The van der Waals surface area contributed by atoms with Gasteiger partial charge in [0.15, 0.2) is 0 Å². The second-order valence-corrected chi connectivity index (χ2v) is 4.69. The Hall–Kier alpha value is -2.35. The third-order valence-corrected chi connectivity index (χ3v) is 3.42. The van der Waals surface area contributed by atoms with Gasteiger partial charge in [0.1, 0.15) is 5.82 Å². The summed E-state index contributed by atoms with van der Waals surface area (Å²) in [7, 11) is 0. The summed E-state index contributed by atoms with van der Waals surface area (Å²) in [5.74, 6) is 1.28. The SMILES string of the molecule is CC(c1cccc(-c2ccccc2)c1)c1ncc[nH]1. The summed E-state index contributed by atoms with van der Waals surface area (Å²) < 4.78 is 0. The number of hydrogen-bond acceptors (Lipinski definition) is 1. The van der Waals surface area contributed by atoms with E-state index in [1.807, 2.05) is 12.3 Å². The fourth-order valence-electron chi connectivity index (χ4n) is 2.29. The summed E-state index contributed by atoms with van der Waals surface area (Å²) in [6.07, 6.45) is 3.67. The van der Waals surface area contributed by atoms with Gasteiger partial charge in [-0.15, -0.1) is 0 Å². The molecule has 1 N–H and O–H groups in total. The van der Waals surface area contributed by atoms with Crippen molar-refractivity contribution < 1.29 is 0 Å². The van der Waals surface area contributed by atoms with Crippen molar-refractivity contribution >= 4 is 0 Å². The van der Waals surface area contributed by atoms with Crippen molar-refractivity contribution in [1.29, 1.82) is 0 Å². The Morgan fingerprint density at radius 3 is 2.47 bits per heavy atom. The molecule has 3 rings (SSSR count). The molecule has 2 aromatic carbocycles. The Kier molecular flexibility index (Phi) is 3.15. The summed E-state index contributed by atoms with van der Waals surface area (Å²) in [4.78, 5) is 7.52. The number of imidazole rings is 1. The molecule has 2 heteroatoms. The molecule has 1 aromatic heterocycles. The second kappa shape index (κ2) is 5.11. The molecule has 0 radical (unpaired) electrons. The molecular weight excluding hydrogens is 232 g/mol. The summed E-state index contributed by atoms with van der Waals surface area (Å²) in [5.41, 5.74) is 3.77. The first-order valence-electron chi connectivity index (χ1n) is 6.49. The number of hydrogen-bond donors (Lipinski definition) is 1. The summed E-state index contributed by atoms with van der Waals surface area (Å²) in [6, 6.07) is 19.1. The summed E-state index contributed by atoms with van der Waals surface area (Å²) in [5, 5.41) is 0. The lowest BCUT2D eigenvalue weighted by molar-refractivity contribution is 0.840. The maximum absolute atomic E-state index is 4.34. The first-order valence-corrected chi connectivity index (χ1v) is 6.49. The smallest absolute Gasteiger partial charge is 0.113 e. The van der Waals surface area contributed by atoms with Crippen LogP contribution in [0.2, 0.25) is 0 Å². The lowest BCUT2D eigenvalue weighted by Gasteiger charge is -2.11. The van der Waals surface area contributed by atoms with Crippen LogP contribution in [0.25, 0.3) is 11.1 Å². The molecule has 0 saturated heterocycles. The van der Waals surface area contributed by atoms with Crippen molar-refractivity contribution in [2.75, 3.05) is 0 Å². The Morgan fingerprint density at radius 2 is 1.74 bits per heavy atom. The highest BCUT2D eigenvalue weighted by Gasteiger charge is 2.11. The van der Waals surface area contributed by atoms with Gasteiger partial charge < -0.3 is 4.98 Å². The van der Waals surface area contributed by atoms with Gasteiger partial charge in [-0.25, -0.2) is 4.98 Å². The van der Waals surface area contributed by atoms with Crippen molar-refractivity contribution in [2.24, 2.45) is 0 Å². The minimum Gasteiger partial charge on any atom is -0.348 e. The number of aromatic amines is 1. The van der Waals surface area contributed by atoms with Crippen LogP contribution in [-0.4, -0.2) is 9.97 Å². The standard InChI is InChI=1S/C17H16N2/c1-13(17-18-10-11-19-17)15-8-5-9-16(12-15)14-6-3-2-4-7-14/h2-13H,1H3,(H,18,19). The summed E-state index contributed by atoms with van der Waals surface area (Å²) >= 11 is 0. The highest BCUT2D eigenvalue weighted by Crippen LogP contribution is 2.26. The predicted octanol–water partition coefficient (Wildman–Crippen LogP) is 4.23. The molecule has 0 aliphatic heterocycles. The zero-order valence-electron chi connectivity index (χ0n) is 10.9. The number of nitrogens with one attached hydrogen (secondary N) is 1. The minimum atomic E-state index is 0.277. The molecule has 0 fully saturated rings. The number of H-pyrrole nitrogens is 1. The van der Waals surface area contributed by atoms with Gasteiger partial charge in [0.2, 0.25) is 0 Å². The first kappa shape index (κ1) is 11.7. The quantitative estimate of drug-likeness (QED) is 0.738. The average Bonchev–Trinajstić information content (AvgIpc) is 3.02. The van der Waals surface area contributed by atoms with Gasteiger partial charge in [0, 0.05) is 18.3 Å². The molecule has 2 nitrogen and oxygen atoms in total. The van der Waals surface area contributed by atoms with Crippen LogP contribution in [0.4, 0.5) is 0 Å². The van der Waals surface area contributed by atoms with E-state index >= 15 is 0 Å². The van der Waals surface area contributed by atoms with E-state index in [0.717, 1.165) is 5.82 Å². The van der Waals surface area contributed by atoms with Gasteiger partial charge in [-0.3, -0.25) is 0 Å². The normalized spacial score (nSPS) is 12.3. The van der Waals surface area contributed by atoms with Crippen LogP contribution in [0.15, 0.2) is 67.0 Å². The van der Waals surface area contributed by atoms with Gasteiger partial charge in [0.05, 0.1) is 0 Å². The monoisotopic (exact) mass is 248 g/mol. The third-order valence-electron chi connectivity index (χ3n) is 3.42. The van der Waals surface area contributed by atoms with Crippen LogP contribution in [0, 0.1) is 0 Å². The van der Waals surface area contributed by atoms with Crippen LogP contribution in [0.3, 0.4) is 0 Å². The number of benzene rings is 2. The molecular formula is C17H16N2. The van der Waals surface area contributed by atoms with Crippen LogP contribution in [-0.2, 0) is 0 Å². The van der Waals surface area contributed by atoms with E-state index in [-0.39, 0.29) is 5.92 Å². The van der Waals surface area contributed by atoms with Crippen LogP contribution in [0.5, 0.6) is 0 Å². The Morgan fingerprint density at radius 1 is 0.947 bits per heavy atom. The number of nitrogens with zero attached hydrogens (tertiary/aromatic N) is 1. The highest BCUT2D eigenvalue weighted by molar-refractivity contribution is 5.64. The largest absolute Gasteiger partial charge is 0.348 e. The van der Waals surface area contributed by atoms with Crippen LogP contribution >= 0.6 is 0 Å². The van der Waals surface area contributed by atoms with E-state index in [1.54, 1.807) is 6.20 Å². The van der Waals surface area contributed by atoms with E-state index in [9.17, 15) is 0 Å². The zero-order valence-corrected chi connectivity index (χ0v) is 10.9. The van der Waals surface area contributed by atoms with Gasteiger partial charge >= 0.3 is 0 Å². The fraction of sp³-hybridized carbons (Fsp3) is 0.118. The maximum atomic E-state index is 4.34. The molecule has 0 bridgehead atoms. The van der Waals surface area contributed by atoms with Crippen LogP contribution in [0.1, 0.15) is 24.2 Å². The third kappa shape index (κ3) is 2.43. The number of rotatable bonds is 3. The first-order chi connectivity index (χ1) is 9.34. The molecule has 1 unspecified atom stereocenters. The summed E-state index contributed by atoms with van der Waals surface area (Å²) in [6.45, 7) is 2.17. The molecule has 0 aliphatic rings. The van der Waals surface area contributed by atoms with Gasteiger partial charge in [-0.1, -0.05) is 61.5 Å².